The number of halogens is 1. The maximum Gasteiger partial charge on any atom is 0.164 e. The fraction of sp³-hybridized carbons (Fsp3) is 0.467. The molecule has 1 heterocycles. The molecule has 0 fully saturated rings. The van der Waals surface area contributed by atoms with Crippen LogP contribution in [0.2, 0.25) is 0 Å². The molecule has 0 aliphatic carbocycles. The largest absolute Gasteiger partial charge is 0.493 e. The van der Waals surface area contributed by atoms with E-state index in [0.29, 0.717) is 12.4 Å². The molecule has 19 heavy (non-hydrogen) atoms. The summed E-state index contributed by atoms with van der Waals surface area (Å²) in [5.74, 6) is 2.25. The van der Waals surface area contributed by atoms with Gasteiger partial charge in [-0.15, -0.1) is 0 Å². The Morgan fingerprint density at radius 1 is 1.21 bits per heavy atom. The maximum absolute atomic E-state index is 5.93. The van der Waals surface area contributed by atoms with Gasteiger partial charge in [-0.3, -0.25) is 0 Å². The van der Waals surface area contributed by atoms with Gasteiger partial charge in [0.15, 0.2) is 11.5 Å². The van der Waals surface area contributed by atoms with Gasteiger partial charge in [-0.25, -0.2) is 0 Å². The van der Waals surface area contributed by atoms with E-state index in [1.165, 1.54) is 5.57 Å². The first-order valence-electron chi connectivity index (χ1n) is 6.17. The number of benzene rings is 1. The van der Waals surface area contributed by atoms with Gasteiger partial charge in [0.05, 0.1) is 20.8 Å². The molecule has 0 saturated carbocycles. The van der Waals surface area contributed by atoms with Crippen LogP contribution in [0.15, 0.2) is 18.2 Å². The van der Waals surface area contributed by atoms with Crippen molar-refractivity contribution in [2.75, 3.05) is 26.2 Å². The summed E-state index contributed by atoms with van der Waals surface area (Å²) >= 11 is 3.55. The van der Waals surface area contributed by atoms with Crippen LogP contribution in [0.25, 0.3) is 5.57 Å². The minimum absolute atomic E-state index is 0.00257. The average molecular weight is 327 g/mol. The Morgan fingerprint density at radius 2 is 1.84 bits per heavy atom. The van der Waals surface area contributed by atoms with E-state index >= 15 is 0 Å². The lowest BCUT2D eigenvalue weighted by Gasteiger charge is -2.18. The number of hydrogen-bond acceptors (Lipinski definition) is 3. The van der Waals surface area contributed by atoms with Gasteiger partial charge in [0.2, 0.25) is 0 Å². The van der Waals surface area contributed by atoms with Gasteiger partial charge < -0.3 is 14.2 Å². The van der Waals surface area contributed by atoms with E-state index < -0.39 is 0 Å². The van der Waals surface area contributed by atoms with E-state index in [9.17, 15) is 0 Å². The van der Waals surface area contributed by atoms with Crippen molar-refractivity contribution in [3.8, 4) is 17.2 Å². The Balaban J connectivity index is 2.58. The number of methoxy groups -OCH3 is 2. The standard InChI is InChI=1S/C15H19BrO3/c1-15(2)7-10(8-16)11-5-13(17-3)14(18-4)6-12(11)19-9-15/h5-7H,8-9H2,1-4H3. The average Bonchev–Trinajstić information content (AvgIpc) is 2.53. The minimum atomic E-state index is 0.00257. The minimum Gasteiger partial charge on any atom is -0.493 e. The Labute approximate surface area is 122 Å². The van der Waals surface area contributed by atoms with Gasteiger partial charge in [0.1, 0.15) is 5.75 Å². The summed E-state index contributed by atoms with van der Waals surface area (Å²) in [7, 11) is 3.27. The molecule has 0 spiro atoms. The lowest BCUT2D eigenvalue weighted by atomic mass is 9.91. The molecule has 0 amide bonds. The summed E-state index contributed by atoms with van der Waals surface area (Å²) in [6.45, 7) is 4.97. The van der Waals surface area contributed by atoms with E-state index in [4.69, 9.17) is 14.2 Å². The van der Waals surface area contributed by atoms with E-state index in [-0.39, 0.29) is 5.41 Å². The quantitative estimate of drug-likeness (QED) is 0.788. The Morgan fingerprint density at radius 3 is 2.42 bits per heavy atom. The Kier molecular flexibility index (Phi) is 4.09. The van der Waals surface area contributed by atoms with Gasteiger partial charge in [-0.2, -0.15) is 0 Å². The van der Waals surface area contributed by atoms with Crippen LogP contribution in [0.1, 0.15) is 19.4 Å². The predicted molar refractivity (Wildman–Crippen MR) is 80.6 cm³/mol. The fourth-order valence-electron chi connectivity index (χ4n) is 2.20. The van der Waals surface area contributed by atoms with Crippen molar-refractivity contribution in [2.45, 2.75) is 13.8 Å². The molecule has 1 aliphatic heterocycles. The zero-order valence-electron chi connectivity index (χ0n) is 11.7. The van der Waals surface area contributed by atoms with Gasteiger partial charge in [0.25, 0.3) is 0 Å². The molecule has 1 aliphatic rings. The predicted octanol–water partition coefficient (Wildman–Crippen LogP) is 3.90. The Bertz CT molecular complexity index is 506. The number of alkyl halides is 1. The molecule has 0 aromatic heterocycles. The molecule has 3 nitrogen and oxygen atoms in total. The van der Waals surface area contributed by atoms with E-state index in [1.807, 2.05) is 12.1 Å². The van der Waals surface area contributed by atoms with Crippen LogP contribution in [0.5, 0.6) is 17.2 Å². The molecule has 1 aromatic rings. The van der Waals surface area contributed by atoms with Crippen molar-refractivity contribution in [3.05, 3.63) is 23.8 Å². The van der Waals surface area contributed by atoms with Crippen LogP contribution in [-0.2, 0) is 0 Å². The molecular weight excluding hydrogens is 308 g/mol. The monoisotopic (exact) mass is 326 g/mol. The molecular formula is C15H19BrO3. The number of rotatable bonds is 3. The number of ether oxygens (including phenoxy) is 3. The SMILES string of the molecule is COc1cc2c(cc1OC)C(CBr)=CC(C)(C)CO2. The lowest BCUT2D eigenvalue weighted by molar-refractivity contribution is 0.223. The zero-order valence-corrected chi connectivity index (χ0v) is 13.3. The van der Waals surface area contributed by atoms with Crippen LogP contribution in [-0.4, -0.2) is 26.2 Å². The first-order chi connectivity index (χ1) is 9.00. The van der Waals surface area contributed by atoms with Crippen molar-refractivity contribution in [2.24, 2.45) is 5.41 Å². The highest BCUT2D eigenvalue weighted by Crippen LogP contribution is 2.42. The summed E-state index contributed by atoms with van der Waals surface area (Å²) in [6.07, 6.45) is 2.25. The fourth-order valence-corrected chi connectivity index (χ4v) is 2.66. The van der Waals surface area contributed by atoms with Crippen LogP contribution in [0.3, 0.4) is 0 Å². The summed E-state index contributed by atoms with van der Waals surface area (Å²) < 4.78 is 16.6. The molecule has 0 bridgehead atoms. The molecule has 0 atom stereocenters. The third-order valence-corrected chi connectivity index (χ3v) is 3.74. The van der Waals surface area contributed by atoms with Crippen LogP contribution in [0.4, 0.5) is 0 Å². The summed E-state index contributed by atoms with van der Waals surface area (Å²) in [5.41, 5.74) is 2.27. The number of fused-ring (bicyclic) bond motifs is 1. The second kappa shape index (κ2) is 5.45. The number of allylic oxidation sites excluding steroid dienone is 1. The van der Waals surface area contributed by atoms with Crippen molar-refractivity contribution in [3.63, 3.8) is 0 Å². The highest BCUT2D eigenvalue weighted by atomic mass is 79.9. The third-order valence-electron chi connectivity index (χ3n) is 3.14. The number of hydrogen-bond donors (Lipinski definition) is 0. The first-order valence-corrected chi connectivity index (χ1v) is 7.30. The molecule has 104 valence electrons. The zero-order chi connectivity index (χ0) is 14.0. The van der Waals surface area contributed by atoms with E-state index in [2.05, 4.69) is 35.9 Å². The maximum atomic E-state index is 5.93. The molecule has 2 rings (SSSR count). The van der Waals surface area contributed by atoms with Gasteiger partial charge in [0, 0.05) is 22.4 Å². The summed E-state index contributed by atoms with van der Waals surface area (Å²) in [6, 6.07) is 3.87. The van der Waals surface area contributed by atoms with Crippen LogP contribution >= 0.6 is 15.9 Å². The van der Waals surface area contributed by atoms with E-state index in [0.717, 1.165) is 22.4 Å². The lowest BCUT2D eigenvalue weighted by Crippen LogP contribution is -2.17. The Hall–Kier alpha value is -1.16. The molecule has 0 radical (unpaired) electrons. The molecule has 4 heteroatoms. The molecule has 0 unspecified atom stereocenters. The first kappa shape index (κ1) is 14.3. The highest BCUT2D eigenvalue weighted by molar-refractivity contribution is 9.09. The highest BCUT2D eigenvalue weighted by Gasteiger charge is 2.25. The van der Waals surface area contributed by atoms with Crippen LogP contribution < -0.4 is 14.2 Å². The summed E-state index contributed by atoms with van der Waals surface area (Å²) in [5, 5.41) is 0.780. The second-order valence-electron chi connectivity index (χ2n) is 5.28. The molecule has 0 N–H and O–H groups in total. The van der Waals surface area contributed by atoms with E-state index in [1.54, 1.807) is 14.2 Å². The normalized spacial score (nSPS) is 16.8. The van der Waals surface area contributed by atoms with Gasteiger partial charge >= 0.3 is 0 Å². The van der Waals surface area contributed by atoms with Crippen molar-refractivity contribution < 1.29 is 14.2 Å². The third kappa shape index (κ3) is 2.89. The van der Waals surface area contributed by atoms with Crippen molar-refractivity contribution in [1.29, 1.82) is 0 Å². The smallest absolute Gasteiger partial charge is 0.164 e. The summed E-state index contributed by atoms with van der Waals surface area (Å²) in [4.78, 5) is 0. The van der Waals surface area contributed by atoms with Crippen LogP contribution in [0, 0.1) is 5.41 Å². The molecule has 1 aromatic carbocycles. The van der Waals surface area contributed by atoms with Gasteiger partial charge in [-0.05, 0) is 11.6 Å². The van der Waals surface area contributed by atoms with Crippen molar-refractivity contribution in [1.82, 2.24) is 0 Å². The second-order valence-corrected chi connectivity index (χ2v) is 5.84. The van der Waals surface area contributed by atoms with Gasteiger partial charge in [-0.1, -0.05) is 35.9 Å². The van der Waals surface area contributed by atoms with Crippen molar-refractivity contribution >= 4 is 21.5 Å². The molecule has 0 saturated heterocycles. The topological polar surface area (TPSA) is 27.7 Å².